The Balaban J connectivity index is 1.73. The van der Waals surface area contributed by atoms with E-state index in [0.29, 0.717) is 6.42 Å². The van der Waals surface area contributed by atoms with Gasteiger partial charge in [0.1, 0.15) is 5.60 Å². The van der Waals surface area contributed by atoms with E-state index in [-0.39, 0.29) is 11.9 Å². The maximum Gasteiger partial charge on any atom is 0.309 e. The van der Waals surface area contributed by atoms with Crippen molar-refractivity contribution >= 4 is 26.7 Å². The van der Waals surface area contributed by atoms with E-state index in [2.05, 4.69) is 29.2 Å². The van der Waals surface area contributed by atoms with Crippen LogP contribution in [-0.2, 0) is 30.5 Å². The molecule has 1 heterocycles. The number of esters is 1. The number of carbonyl (C=O) groups is 1. The van der Waals surface area contributed by atoms with Crippen molar-refractivity contribution < 1.29 is 17.9 Å². The van der Waals surface area contributed by atoms with Gasteiger partial charge in [0.25, 0.3) is 0 Å². The molecule has 4 rings (SSSR count). The van der Waals surface area contributed by atoms with Crippen molar-refractivity contribution in [2.24, 2.45) is 5.92 Å². The van der Waals surface area contributed by atoms with Crippen LogP contribution in [0.3, 0.4) is 0 Å². The zero-order valence-corrected chi connectivity index (χ0v) is 24.6. The molecule has 1 atom stereocenters. The van der Waals surface area contributed by atoms with Gasteiger partial charge in [-0.15, -0.1) is 0 Å². The Kier molecular flexibility index (Phi) is 7.72. The molecule has 6 heteroatoms. The number of sulfone groups is 1. The normalized spacial score (nSPS) is 13.3. The molecule has 0 amide bonds. The Morgan fingerprint density at radius 1 is 0.872 bits per heavy atom. The fraction of sp³-hybridized carbons (Fsp3) is 0.333. The first-order chi connectivity index (χ1) is 18.2. The molecule has 0 saturated carbocycles. The lowest BCUT2D eigenvalue weighted by atomic mass is 9.91. The number of hydrogen-bond donors (Lipinski definition) is 0. The number of carbonyl (C=O) groups excluding carboxylic acids is 1. The van der Waals surface area contributed by atoms with Crippen LogP contribution in [0.25, 0.3) is 33.2 Å². The first-order valence-electron chi connectivity index (χ1n) is 13.2. The van der Waals surface area contributed by atoms with Gasteiger partial charge in [0.2, 0.25) is 0 Å². The molecule has 0 spiro atoms. The summed E-state index contributed by atoms with van der Waals surface area (Å²) >= 11 is 0. The number of rotatable bonds is 7. The minimum absolute atomic E-state index is 0.203. The molecule has 0 fully saturated rings. The third kappa shape index (κ3) is 6.39. The van der Waals surface area contributed by atoms with E-state index in [4.69, 9.17) is 4.74 Å². The van der Waals surface area contributed by atoms with Gasteiger partial charge in [-0.1, -0.05) is 55.5 Å². The quantitative estimate of drug-likeness (QED) is 0.228. The minimum Gasteiger partial charge on any atom is -0.460 e. The molecule has 4 aromatic rings. The highest BCUT2D eigenvalue weighted by Crippen LogP contribution is 2.37. The minimum atomic E-state index is -3.36. The average molecular weight is 544 g/mol. The summed E-state index contributed by atoms with van der Waals surface area (Å²) in [5, 5.41) is 0.894. The molecule has 5 nitrogen and oxygen atoms in total. The third-order valence-electron chi connectivity index (χ3n) is 7.11. The Labute approximate surface area is 232 Å². The van der Waals surface area contributed by atoms with Crippen molar-refractivity contribution in [2.75, 3.05) is 6.26 Å². The van der Waals surface area contributed by atoms with Crippen LogP contribution in [0.15, 0.2) is 79.0 Å². The number of fused-ring (bicyclic) bond motifs is 1. The number of pyridine rings is 1. The molecule has 39 heavy (non-hydrogen) atoms. The molecule has 0 radical (unpaired) electrons. The Morgan fingerprint density at radius 3 is 2.18 bits per heavy atom. The molecule has 0 saturated heterocycles. The number of nitrogens with zero attached hydrogens (tertiary/aromatic N) is 1. The molecule has 0 aliphatic carbocycles. The summed E-state index contributed by atoms with van der Waals surface area (Å²) in [7, 11) is -3.36. The largest absolute Gasteiger partial charge is 0.460 e. The Bertz CT molecular complexity index is 1630. The van der Waals surface area contributed by atoms with Gasteiger partial charge in [0.15, 0.2) is 9.84 Å². The van der Waals surface area contributed by atoms with Crippen LogP contribution in [-0.4, -0.2) is 31.2 Å². The Morgan fingerprint density at radius 2 is 1.51 bits per heavy atom. The molecule has 0 bridgehead atoms. The summed E-state index contributed by atoms with van der Waals surface area (Å²) in [5.74, 6) is -0.463. The fourth-order valence-electron chi connectivity index (χ4n) is 4.56. The van der Waals surface area contributed by atoms with Crippen LogP contribution in [0.5, 0.6) is 0 Å². The number of benzene rings is 3. The van der Waals surface area contributed by atoms with Gasteiger partial charge >= 0.3 is 5.97 Å². The van der Waals surface area contributed by atoms with Crippen molar-refractivity contribution in [1.29, 1.82) is 0 Å². The monoisotopic (exact) mass is 543 g/mol. The molecule has 3 aromatic carbocycles. The van der Waals surface area contributed by atoms with Gasteiger partial charge in [0, 0.05) is 23.4 Å². The van der Waals surface area contributed by atoms with Gasteiger partial charge < -0.3 is 4.74 Å². The van der Waals surface area contributed by atoms with Gasteiger partial charge in [-0.2, -0.15) is 0 Å². The molecular formula is C33H37NO4S. The number of aromatic nitrogens is 1. The maximum atomic E-state index is 12.7. The van der Waals surface area contributed by atoms with Crippen LogP contribution >= 0.6 is 0 Å². The molecule has 0 N–H and O–H groups in total. The smallest absolute Gasteiger partial charge is 0.309 e. The Hall–Kier alpha value is -3.51. The van der Waals surface area contributed by atoms with Crippen molar-refractivity contribution in [3.05, 3.63) is 90.1 Å². The number of ether oxygens (including phenoxy) is 1. The highest BCUT2D eigenvalue weighted by molar-refractivity contribution is 7.91. The highest BCUT2D eigenvalue weighted by Gasteiger charge is 2.33. The van der Waals surface area contributed by atoms with Crippen LogP contribution in [0.1, 0.15) is 52.7 Å². The standard InChI is InChI=1S/C33H37NO4S/c1-22(31(35)38-32(2,3)4)17-23-11-8-12-24(18-23)25-13-9-14-26(19-25)29-21-28(33(5,6)39(7,36)37)20-27-15-10-16-34-30(27)29/h8-16,18-22H,17H2,1-7H3. The van der Waals surface area contributed by atoms with E-state index >= 15 is 0 Å². The molecule has 0 aliphatic rings. The summed E-state index contributed by atoms with van der Waals surface area (Å²) in [4.78, 5) is 17.2. The lowest BCUT2D eigenvalue weighted by molar-refractivity contribution is -0.159. The number of hydrogen-bond acceptors (Lipinski definition) is 5. The van der Waals surface area contributed by atoms with E-state index in [9.17, 15) is 13.2 Å². The second-order valence-corrected chi connectivity index (χ2v) is 14.4. The van der Waals surface area contributed by atoms with Crippen molar-refractivity contribution in [1.82, 2.24) is 4.98 Å². The van der Waals surface area contributed by atoms with Gasteiger partial charge in [-0.05, 0) is 93.1 Å². The molecule has 0 aliphatic heterocycles. The van der Waals surface area contributed by atoms with Crippen molar-refractivity contribution in [3.8, 4) is 22.3 Å². The molecule has 1 unspecified atom stereocenters. The van der Waals surface area contributed by atoms with E-state index in [1.807, 2.05) is 76.2 Å². The van der Waals surface area contributed by atoms with Crippen molar-refractivity contribution in [2.45, 2.75) is 58.3 Å². The van der Waals surface area contributed by atoms with E-state index in [1.54, 1.807) is 20.0 Å². The predicted molar refractivity (Wildman–Crippen MR) is 159 cm³/mol. The average Bonchev–Trinajstić information content (AvgIpc) is 2.86. The zero-order chi connectivity index (χ0) is 28.6. The lowest BCUT2D eigenvalue weighted by Crippen LogP contribution is -2.28. The van der Waals surface area contributed by atoms with E-state index in [1.165, 1.54) is 6.26 Å². The van der Waals surface area contributed by atoms with Crippen molar-refractivity contribution in [3.63, 3.8) is 0 Å². The van der Waals surface area contributed by atoms with Crippen LogP contribution < -0.4 is 0 Å². The maximum absolute atomic E-state index is 12.7. The molecular weight excluding hydrogens is 506 g/mol. The summed E-state index contributed by atoms with van der Waals surface area (Å²) in [5.41, 5.74) is 5.99. The van der Waals surface area contributed by atoms with E-state index < -0.39 is 20.2 Å². The van der Waals surface area contributed by atoms with Crippen LogP contribution in [0.2, 0.25) is 0 Å². The predicted octanol–water partition coefficient (Wildman–Crippen LogP) is 7.37. The van der Waals surface area contributed by atoms with Crippen LogP contribution in [0.4, 0.5) is 0 Å². The van der Waals surface area contributed by atoms with Gasteiger partial charge in [-0.25, -0.2) is 8.42 Å². The first kappa shape index (κ1) is 28.5. The SMILES string of the molecule is CC(Cc1cccc(-c2cccc(-c3cc(C(C)(C)S(C)(=O)=O)cc4cccnc34)c2)c1)C(=O)OC(C)(C)C. The summed E-state index contributed by atoms with van der Waals surface area (Å²) in [6.07, 6.45) is 3.61. The van der Waals surface area contributed by atoms with Crippen LogP contribution in [0, 0.1) is 5.92 Å². The third-order valence-corrected chi connectivity index (χ3v) is 9.20. The summed E-state index contributed by atoms with van der Waals surface area (Å²) in [6, 6.07) is 24.1. The van der Waals surface area contributed by atoms with Gasteiger partial charge in [-0.3, -0.25) is 9.78 Å². The lowest BCUT2D eigenvalue weighted by Gasteiger charge is -2.24. The zero-order valence-electron chi connectivity index (χ0n) is 23.8. The highest BCUT2D eigenvalue weighted by atomic mass is 32.2. The topological polar surface area (TPSA) is 73.3 Å². The second kappa shape index (κ2) is 10.6. The second-order valence-electron chi connectivity index (χ2n) is 11.8. The fourth-order valence-corrected chi connectivity index (χ4v) is 5.10. The molecule has 204 valence electrons. The summed E-state index contributed by atoms with van der Waals surface area (Å²) in [6.45, 7) is 11.0. The molecule has 1 aromatic heterocycles. The van der Waals surface area contributed by atoms with Gasteiger partial charge in [0.05, 0.1) is 16.2 Å². The first-order valence-corrected chi connectivity index (χ1v) is 15.1. The van der Waals surface area contributed by atoms with E-state index in [0.717, 1.165) is 44.3 Å². The summed E-state index contributed by atoms with van der Waals surface area (Å²) < 4.78 is 29.8.